The van der Waals surface area contributed by atoms with Gasteiger partial charge >= 0.3 is 0 Å². The van der Waals surface area contributed by atoms with Crippen LogP contribution in [-0.2, 0) is 0 Å². The third-order valence-corrected chi connectivity index (χ3v) is 2.78. The van der Waals surface area contributed by atoms with Gasteiger partial charge in [0.05, 0.1) is 11.8 Å². The quantitative estimate of drug-likeness (QED) is 0.673. The molecular formula is C13H10BrN3O2. The van der Waals surface area contributed by atoms with E-state index in [0.717, 1.165) is 5.56 Å². The van der Waals surface area contributed by atoms with Crippen LogP contribution in [0.5, 0.6) is 5.75 Å². The van der Waals surface area contributed by atoms with Gasteiger partial charge in [0, 0.05) is 16.9 Å². The Hall–Kier alpha value is -2.21. The molecule has 5 nitrogen and oxygen atoms in total. The van der Waals surface area contributed by atoms with Crippen molar-refractivity contribution in [2.45, 2.75) is 0 Å². The minimum absolute atomic E-state index is 0.106. The molecule has 0 aliphatic rings. The van der Waals surface area contributed by atoms with Crippen LogP contribution in [0.4, 0.5) is 0 Å². The molecule has 0 saturated heterocycles. The average Bonchev–Trinajstić information content (AvgIpc) is 2.39. The van der Waals surface area contributed by atoms with E-state index in [1.54, 1.807) is 30.6 Å². The van der Waals surface area contributed by atoms with Crippen LogP contribution in [0.1, 0.15) is 15.9 Å². The van der Waals surface area contributed by atoms with Gasteiger partial charge in [-0.15, -0.1) is 0 Å². The number of nitrogens with zero attached hydrogens (tertiary/aromatic N) is 2. The number of pyridine rings is 1. The number of halogens is 1. The van der Waals surface area contributed by atoms with Crippen molar-refractivity contribution in [1.29, 1.82) is 0 Å². The van der Waals surface area contributed by atoms with Crippen molar-refractivity contribution in [3.8, 4) is 5.75 Å². The number of benzene rings is 1. The smallest absolute Gasteiger partial charge is 0.275 e. The maximum atomic E-state index is 11.8. The first kappa shape index (κ1) is 13.2. The number of phenols is 1. The van der Waals surface area contributed by atoms with E-state index in [0.29, 0.717) is 4.47 Å². The minimum atomic E-state index is -0.477. The van der Waals surface area contributed by atoms with Gasteiger partial charge in [0.15, 0.2) is 0 Å². The normalized spacial score (nSPS) is 10.6. The summed E-state index contributed by atoms with van der Waals surface area (Å²) in [7, 11) is 0. The van der Waals surface area contributed by atoms with E-state index in [9.17, 15) is 9.90 Å². The largest absolute Gasteiger partial charge is 0.507 e. The van der Waals surface area contributed by atoms with E-state index in [4.69, 9.17) is 0 Å². The van der Waals surface area contributed by atoms with Gasteiger partial charge in [0.25, 0.3) is 5.91 Å². The van der Waals surface area contributed by atoms with Crippen LogP contribution >= 0.6 is 15.9 Å². The predicted octanol–water partition coefficient (Wildman–Crippen LogP) is 2.31. The molecule has 0 saturated carbocycles. The average molecular weight is 320 g/mol. The highest BCUT2D eigenvalue weighted by atomic mass is 79.9. The van der Waals surface area contributed by atoms with Crippen molar-refractivity contribution >= 4 is 28.1 Å². The molecule has 1 aromatic heterocycles. The summed E-state index contributed by atoms with van der Waals surface area (Å²) in [4.78, 5) is 15.6. The minimum Gasteiger partial charge on any atom is -0.507 e. The second-order valence-electron chi connectivity index (χ2n) is 3.64. The fourth-order valence-corrected chi connectivity index (χ4v) is 1.72. The van der Waals surface area contributed by atoms with Crippen LogP contribution < -0.4 is 5.43 Å². The van der Waals surface area contributed by atoms with Gasteiger partial charge in [-0.2, -0.15) is 5.10 Å². The Labute approximate surface area is 118 Å². The van der Waals surface area contributed by atoms with Gasteiger partial charge in [0.1, 0.15) is 5.75 Å². The molecule has 2 rings (SSSR count). The van der Waals surface area contributed by atoms with Gasteiger partial charge in [0.2, 0.25) is 0 Å². The Bertz CT molecular complexity index is 615. The third-order valence-electron chi connectivity index (χ3n) is 2.29. The molecule has 0 fully saturated rings. The molecule has 0 aliphatic heterocycles. The van der Waals surface area contributed by atoms with Crippen molar-refractivity contribution in [3.63, 3.8) is 0 Å². The van der Waals surface area contributed by atoms with E-state index in [1.807, 2.05) is 0 Å². The zero-order chi connectivity index (χ0) is 13.7. The summed E-state index contributed by atoms with van der Waals surface area (Å²) in [6, 6.07) is 8.14. The van der Waals surface area contributed by atoms with Crippen LogP contribution in [-0.4, -0.2) is 22.2 Å². The number of nitrogens with one attached hydrogen (secondary N) is 1. The Morgan fingerprint density at radius 3 is 2.74 bits per heavy atom. The predicted molar refractivity (Wildman–Crippen MR) is 75.1 cm³/mol. The van der Waals surface area contributed by atoms with Crippen LogP contribution in [0, 0.1) is 0 Å². The van der Waals surface area contributed by atoms with E-state index in [2.05, 4.69) is 31.4 Å². The number of hydrazone groups is 1. The first-order valence-corrected chi connectivity index (χ1v) is 6.18. The highest BCUT2D eigenvalue weighted by Crippen LogP contribution is 2.21. The van der Waals surface area contributed by atoms with Gasteiger partial charge < -0.3 is 5.11 Å². The Morgan fingerprint density at radius 2 is 2.05 bits per heavy atom. The number of hydrogen-bond acceptors (Lipinski definition) is 4. The summed E-state index contributed by atoms with van der Waals surface area (Å²) in [5, 5.41) is 13.4. The van der Waals surface area contributed by atoms with Crippen molar-refractivity contribution in [1.82, 2.24) is 10.4 Å². The number of carbonyl (C=O) groups is 1. The summed E-state index contributed by atoms with van der Waals surface area (Å²) in [5.74, 6) is -0.582. The molecule has 0 aliphatic carbocycles. The van der Waals surface area contributed by atoms with Crippen LogP contribution in [0.3, 0.4) is 0 Å². The molecule has 6 heteroatoms. The lowest BCUT2D eigenvalue weighted by Gasteiger charge is -2.03. The fourth-order valence-electron chi connectivity index (χ4n) is 1.37. The monoisotopic (exact) mass is 319 g/mol. The summed E-state index contributed by atoms with van der Waals surface area (Å²) < 4.78 is 0.696. The molecule has 0 unspecified atom stereocenters. The molecule has 0 bridgehead atoms. The van der Waals surface area contributed by atoms with E-state index >= 15 is 0 Å². The lowest BCUT2D eigenvalue weighted by molar-refractivity contribution is 0.0952. The molecule has 1 heterocycles. The number of amides is 1. The van der Waals surface area contributed by atoms with Crippen LogP contribution in [0.15, 0.2) is 52.3 Å². The fraction of sp³-hybridized carbons (Fsp3) is 0. The zero-order valence-corrected chi connectivity index (χ0v) is 11.3. The SMILES string of the molecule is O=C(N/N=C\c1ccncc1)c1ccc(Br)cc1O. The van der Waals surface area contributed by atoms with Gasteiger partial charge in [-0.3, -0.25) is 9.78 Å². The molecule has 2 N–H and O–H groups in total. The summed E-state index contributed by atoms with van der Waals surface area (Å²) >= 11 is 3.20. The van der Waals surface area contributed by atoms with Crippen LogP contribution in [0.25, 0.3) is 0 Å². The summed E-state index contributed by atoms with van der Waals surface area (Å²) in [6.45, 7) is 0. The Kier molecular flexibility index (Phi) is 4.25. The van der Waals surface area contributed by atoms with E-state index in [1.165, 1.54) is 18.3 Å². The lowest BCUT2D eigenvalue weighted by atomic mass is 10.2. The van der Waals surface area contributed by atoms with E-state index in [-0.39, 0.29) is 11.3 Å². The van der Waals surface area contributed by atoms with Crippen molar-refractivity contribution in [3.05, 3.63) is 58.3 Å². The molecule has 0 radical (unpaired) electrons. The number of aromatic nitrogens is 1. The van der Waals surface area contributed by atoms with Gasteiger partial charge in [-0.1, -0.05) is 15.9 Å². The maximum Gasteiger partial charge on any atom is 0.275 e. The molecule has 0 atom stereocenters. The van der Waals surface area contributed by atoms with Crippen molar-refractivity contribution in [2.75, 3.05) is 0 Å². The molecular weight excluding hydrogens is 310 g/mol. The first-order chi connectivity index (χ1) is 9.16. The van der Waals surface area contributed by atoms with Crippen molar-refractivity contribution < 1.29 is 9.90 Å². The Morgan fingerprint density at radius 1 is 1.32 bits per heavy atom. The zero-order valence-electron chi connectivity index (χ0n) is 9.75. The molecule has 96 valence electrons. The highest BCUT2D eigenvalue weighted by Gasteiger charge is 2.09. The van der Waals surface area contributed by atoms with Gasteiger partial charge in [-0.05, 0) is 35.9 Å². The number of aromatic hydroxyl groups is 1. The number of rotatable bonds is 3. The van der Waals surface area contributed by atoms with Crippen LogP contribution in [0.2, 0.25) is 0 Å². The molecule has 2 aromatic rings. The molecule has 0 spiro atoms. The van der Waals surface area contributed by atoms with Crippen molar-refractivity contribution in [2.24, 2.45) is 5.10 Å². The van der Waals surface area contributed by atoms with Gasteiger partial charge in [-0.25, -0.2) is 5.43 Å². The second kappa shape index (κ2) is 6.10. The first-order valence-electron chi connectivity index (χ1n) is 5.39. The number of carbonyl (C=O) groups excluding carboxylic acids is 1. The summed E-state index contributed by atoms with van der Waals surface area (Å²) in [6.07, 6.45) is 4.75. The highest BCUT2D eigenvalue weighted by molar-refractivity contribution is 9.10. The topological polar surface area (TPSA) is 74.6 Å². The maximum absolute atomic E-state index is 11.8. The molecule has 1 amide bonds. The Balaban J connectivity index is 2.04. The molecule has 19 heavy (non-hydrogen) atoms. The number of hydrogen-bond donors (Lipinski definition) is 2. The molecule has 1 aromatic carbocycles. The number of phenolic OH excluding ortho intramolecular Hbond substituents is 1. The summed E-state index contributed by atoms with van der Waals surface area (Å²) in [5.41, 5.74) is 3.32. The lowest BCUT2D eigenvalue weighted by Crippen LogP contribution is -2.17. The second-order valence-corrected chi connectivity index (χ2v) is 4.56. The standard InChI is InChI=1S/C13H10BrN3O2/c14-10-1-2-11(12(18)7-10)13(19)17-16-8-9-3-5-15-6-4-9/h1-8,18H,(H,17,19)/b16-8-. The van der Waals surface area contributed by atoms with E-state index < -0.39 is 5.91 Å². The third kappa shape index (κ3) is 3.62.